The van der Waals surface area contributed by atoms with Crippen LogP contribution in [0.4, 0.5) is 8.78 Å². The SMILES string of the molecule is C=C(N)/C=C(\C=C/N)CN1CCC(C(=O)N2CCN(Cc3ccc(F)cc3F)CC2)CC1. The molecule has 2 aliphatic heterocycles. The number of allylic oxidation sites excluding steroid dienone is 1. The first kappa shape index (κ1) is 23.9. The molecular weight excluding hydrogens is 412 g/mol. The van der Waals surface area contributed by atoms with Crippen molar-refractivity contribution in [1.82, 2.24) is 14.7 Å². The number of piperazine rings is 1. The molecule has 1 amide bonds. The zero-order valence-corrected chi connectivity index (χ0v) is 18.5. The van der Waals surface area contributed by atoms with E-state index >= 15 is 0 Å². The Balaban J connectivity index is 1.44. The van der Waals surface area contributed by atoms with Gasteiger partial charge in [-0.05, 0) is 55.9 Å². The van der Waals surface area contributed by atoms with Gasteiger partial charge in [0, 0.05) is 62.5 Å². The molecule has 0 atom stereocenters. The van der Waals surface area contributed by atoms with E-state index in [2.05, 4.69) is 16.4 Å². The molecule has 0 unspecified atom stereocenters. The van der Waals surface area contributed by atoms with E-state index in [0.29, 0.717) is 44.0 Å². The van der Waals surface area contributed by atoms with Crippen LogP contribution in [0.2, 0.25) is 0 Å². The lowest BCUT2D eigenvalue weighted by Gasteiger charge is -2.38. The Labute approximate surface area is 188 Å². The minimum Gasteiger partial charge on any atom is -0.405 e. The second-order valence-corrected chi connectivity index (χ2v) is 8.54. The summed E-state index contributed by atoms with van der Waals surface area (Å²) in [7, 11) is 0. The lowest BCUT2D eigenvalue weighted by Crippen LogP contribution is -2.51. The molecule has 174 valence electrons. The summed E-state index contributed by atoms with van der Waals surface area (Å²) in [6.45, 7) is 9.18. The average Bonchev–Trinajstić information content (AvgIpc) is 2.76. The van der Waals surface area contributed by atoms with E-state index in [-0.39, 0.29) is 11.8 Å². The highest BCUT2D eigenvalue weighted by molar-refractivity contribution is 5.79. The highest BCUT2D eigenvalue weighted by Crippen LogP contribution is 2.22. The summed E-state index contributed by atoms with van der Waals surface area (Å²) < 4.78 is 27.0. The summed E-state index contributed by atoms with van der Waals surface area (Å²) in [5.74, 6) is -0.842. The minimum absolute atomic E-state index is 0.0364. The number of nitrogens with zero attached hydrogens (tertiary/aromatic N) is 3. The zero-order chi connectivity index (χ0) is 23.1. The molecule has 1 aromatic carbocycles. The first-order valence-corrected chi connectivity index (χ1v) is 11.1. The maximum absolute atomic E-state index is 13.9. The Morgan fingerprint density at radius 3 is 2.38 bits per heavy atom. The number of halogens is 2. The maximum Gasteiger partial charge on any atom is 0.225 e. The summed E-state index contributed by atoms with van der Waals surface area (Å²) in [6.07, 6.45) is 6.78. The molecule has 3 rings (SSSR count). The van der Waals surface area contributed by atoms with Gasteiger partial charge in [-0.3, -0.25) is 14.6 Å². The molecule has 2 fully saturated rings. The lowest BCUT2D eigenvalue weighted by molar-refractivity contribution is -0.138. The first-order chi connectivity index (χ1) is 15.4. The predicted molar refractivity (Wildman–Crippen MR) is 122 cm³/mol. The quantitative estimate of drug-likeness (QED) is 0.629. The number of benzene rings is 1. The lowest BCUT2D eigenvalue weighted by atomic mass is 9.94. The van der Waals surface area contributed by atoms with Crippen LogP contribution in [-0.4, -0.2) is 66.4 Å². The zero-order valence-electron chi connectivity index (χ0n) is 18.5. The van der Waals surface area contributed by atoms with E-state index in [1.807, 2.05) is 17.1 Å². The van der Waals surface area contributed by atoms with Gasteiger partial charge in [-0.25, -0.2) is 8.78 Å². The maximum atomic E-state index is 13.9. The molecule has 32 heavy (non-hydrogen) atoms. The molecule has 1 aromatic rings. The van der Waals surface area contributed by atoms with Gasteiger partial charge >= 0.3 is 0 Å². The Bertz CT molecular complexity index is 869. The standard InChI is InChI=1S/C24H33F2N5O/c1-18(28)14-19(4-7-27)16-29-8-5-20(6-9-29)24(32)31-12-10-30(11-13-31)17-21-2-3-22(25)15-23(21)26/h2-4,7,14-15,20H,1,5-6,8-13,16-17,27-28H2/b7-4-,19-14+. The van der Waals surface area contributed by atoms with Gasteiger partial charge in [0.25, 0.3) is 0 Å². The van der Waals surface area contributed by atoms with Gasteiger partial charge in [-0.2, -0.15) is 0 Å². The molecule has 8 heteroatoms. The predicted octanol–water partition coefficient (Wildman–Crippen LogP) is 2.19. The Hall–Kier alpha value is -2.71. The van der Waals surface area contributed by atoms with Gasteiger partial charge in [0.1, 0.15) is 11.6 Å². The topological polar surface area (TPSA) is 78.8 Å². The highest BCUT2D eigenvalue weighted by atomic mass is 19.1. The van der Waals surface area contributed by atoms with Crippen molar-refractivity contribution >= 4 is 5.91 Å². The van der Waals surface area contributed by atoms with E-state index < -0.39 is 11.6 Å². The largest absolute Gasteiger partial charge is 0.405 e. The molecule has 0 radical (unpaired) electrons. The molecule has 0 bridgehead atoms. The summed E-state index contributed by atoms with van der Waals surface area (Å²) in [5, 5.41) is 0. The molecule has 2 saturated heterocycles. The third-order valence-electron chi connectivity index (χ3n) is 6.12. The van der Waals surface area contributed by atoms with Gasteiger partial charge in [0.15, 0.2) is 0 Å². The number of hydrogen-bond acceptors (Lipinski definition) is 5. The van der Waals surface area contributed by atoms with E-state index in [1.54, 1.807) is 0 Å². The van der Waals surface area contributed by atoms with E-state index in [4.69, 9.17) is 11.5 Å². The van der Waals surface area contributed by atoms with Crippen molar-refractivity contribution in [2.75, 3.05) is 45.8 Å². The fraction of sp³-hybridized carbons (Fsp3) is 0.458. The van der Waals surface area contributed by atoms with Crippen molar-refractivity contribution < 1.29 is 13.6 Å². The molecule has 2 heterocycles. The molecule has 4 N–H and O–H groups in total. The van der Waals surface area contributed by atoms with Gasteiger partial charge < -0.3 is 16.4 Å². The second kappa shape index (κ2) is 11.2. The molecule has 6 nitrogen and oxygen atoms in total. The number of piperidine rings is 1. The highest BCUT2D eigenvalue weighted by Gasteiger charge is 2.30. The number of nitrogens with two attached hydrogens (primary N) is 2. The van der Waals surface area contributed by atoms with E-state index in [1.165, 1.54) is 18.3 Å². The van der Waals surface area contributed by atoms with Gasteiger partial charge in [-0.1, -0.05) is 12.6 Å². The van der Waals surface area contributed by atoms with Crippen LogP contribution in [0.25, 0.3) is 0 Å². The van der Waals surface area contributed by atoms with Crippen molar-refractivity contribution in [1.29, 1.82) is 0 Å². The fourth-order valence-corrected chi connectivity index (χ4v) is 4.38. The minimum atomic E-state index is -0.569. The number of likely N-dealkylation sites (tertiary alicyclic amines) is 1. The number of hydrogen-bond donors (Lipinski definition) is 2. The van der Waals surface area contributed by atoms with Gasteiger partial charge in [0.05, 0.1) is 0 Å². The molecule has 0 aliphatic carbocycles. The van der Waals surface area contributed by atoms with E-state index in [9.17, 15) is 13.6 Å². The van der Waals surface area contributed by atoms with Crippen molar-refractivity contribution in [2.45, 2.75) is 19.4 Å². The van der Waals surface area contributed by atoms with Gasteiger partial charge in [-0.15, -0.1) is 0 Å². The van der Waals surface area contributed by atoms with Crippen LogP contribution < -0.4 is 11.5 Å². The Morgan fingerprint density at radius 1 is 1.09 bits per heavy atom. The molecular formula is C24H33F2N5O. The molecule has 0 saturated carbocycles. The summed E-state index contributed by atoms with van der Waals surface area (Å²) in [5.41, 5.74) is 13.2. The number of carbonyl (C=O) groups excluding carboxylic acids is 1. The van der Waals surface area contributed by atoms with Crippen LogP contribution in [0.1, 0.15) is 18.4 Å². The Morgan fingerprint density at radius 2 is 1.78 bits per heavy atom. The second-order valence-electron chi connectivity index (χ2n) is 8.54. The summed E-state index contributed by atoms with van der Waals surface area (Å²) >= 11 is 0. The molecule has 2 aliphatic rings. The summed E-state index contributed by atoms with van der Waals surface area (Å²) in [6, 6.07) is 3.68. The fourth-order valence-electron chi connectivity index (χ4n) is 4.38. The van der Waals surface area contributed by atoms with Crippen molar-refractivity contribution in [3.05, 3.63) is 71.6 Å². The first-order valence-electron chi connectivity index (χ1n) is 11.1. The third kappa shape index (κ3) is 6.64. The Kier molecular flexibility index (Phi) is 8.41. The van der Waals surface area contributed by atoms with Crippen LogP contribution >= 0.6 is 0 Å². The number of amides is 1. The summed E-state index contributed by atoms with van der Waals surface area (Å²) in [4.78, 5) is 19.3. The molecule has 0 aromatic heterocycles. The van der Waals surface area contributed by atoms with Crippen molar-refractivity contribution in [3.8, 4) is 0 Å². The normalized spacial score (nSPS) is 19.6. The third-order valence-corrected chi connectivity index (χ3v) is 6.12. The van der Waals surface area contributed by atoms with Crippen LogP contribution in [-0.2, 0) is 11.3 Å². The number of carbonyl (C=O) groups is 1. The number of rotatable bonds is 7. The van der Waals surface area contributed by atoms with Crippen LogP contribution in [0, 0.1) is 17.6 Å². The average molecular weight is 446 g/mol. The van der Waals surface area contributed by atoms with Crippen LogP contribution in [0.5, 0.6) is 0 Å². The van der Waals surface area contributed by atoms with Crippen molar-refractivity contribution in [3.63, 3.8) is 0 Å². The van der Waals surface area contributed by atoms with Gasteiger partial charge in [0.2, 0.25) is 5.91 Å². The van der Waals surface area contributed by atoms with Crippen LogP contribution in [0.15, 0.2) is 54.4 Å². The van der Waals surface area contributed by atoms with Crippen molar-refractivity contribution in [2.24, 2.45) is 17.4 Å². The van der Waals surface area contributed by atoms with Crippen LogP contribution in [0.3, 0.4) is 0 Å². The smallest absolute Gasteiger partial charge is 0.225 e. The van der Waals surface area contributed by atoms with E-state index in [0.717, 1.165) is 44.1 Å². The molecule has 0 spiro atoms. The monoisotopic (exact) mass is 445 g/mol.